The molecule has 0 radical (unpaired) electrons. The van der Waals surface area contributed by atoms with E-state index in [4.69, 9.17) is 14.2 Å². The number of esters is 3. The average Bonchev–Trinajstić information content (AvgIpc) is 3.48. The van der Waals surface area contributed by atoms with Gasteiger partial charge >= 0.3 is 17.9 Å². The summed E-state index contributed by atoms with van der Waals surface area (Å²) in [5, 5.41) is 0. The first-order valence-electron chi connectivity index (χ1n) is 36.6. The Morgan fingerprint density at radius 3 is 0.683 bits per heavy atom. The van der Waals surface area contributed by atoms with Gasteiger partial charge in [0.15, 0.2) is 6.10 Å². The van der Waals surface area contributed by atoms with Crippen molar-refractivity contribution in [3.8, 4) is 0 Å². The Kier molecular flexibility index (Phi) is 68.6. The molecule has 0 amide bonds. The van der Waals surface area contributed by atoms with Crippen LogP contribution in [-0.4, -0.2) is 37.2 Å². The van der Waals surface area contributed by atoms with Gasteiger partial charge in [-0.1, -0.05) is 326 Å². The van der Waals surface area contributed by atoms with Crippen LogP contribution in [0, 0.1) is 0 Å². The maximum absolute atomic E-state index is 12.9. The third kappa shape index (κ3) is 68.2. The van der Waals surface area contributed by atoms with Gasteiger partial charge in [0.2, 0.25) is 0 Å². The van der Waals surface area contributed by atoms with E-state index in [1.807, 2.05) is 0 Å². The molecule has 480 valence electrons. The molecule has 0 aliphatic heterocycles. The fraction of sp³-hybridized carbons (Fsp3) is 0.855. The Morgan fingerprint density at radius 1 is 0.244 bits per heavy atom. The summed E-state index contributed by atoms with van der Waals surface area (Å²) >= 11 is 0. The number of rotatable bonds is 68. The molecule has 0 aliphatic rings. The zero-order valence-electron chi connectivity index (χ0n) is 55.3. The molecule has 0 saturated carbocycles. The lowest BCUT2D eigenvalue weighted by atomic mass is 10.0. The summed E-state index contributed by atoms with van der Waals surface area (Å²) in [7, 11) is 0. The van der Waals surface area contributed by atoms with Crippen LogP contribution < -0.4 is 0 Å². The number of carbonyl (C=O) groups is 3. The van der Waals surface area contributed by atoms with Crippen LogP contribution in [0.1, 0.15) is 400 Å². The van der Waals surface area contributed by atoms with Crippen molar-refractivity contribution in [2.75, 3.05) is 13.2 Å². The summed E-state index contributed by atoms with van der Waals surface area (Å²) in [6.07, 6.45) is 90.1. The summed E-state index contributed by atoms with van der Waals surface area (Å²) in [6.45, 7) is 6.68. The van der Waals surface area contributed by atoms with E-state index in [9.17, 15) is 14.4 Å². The van der Waals surface area contributed by atoms with Gasteiger partial charge in [-0.05, 0) is 103 Å². The highest BCUT2D eigenvalue weighted by Gasteiger charge is 2.19. The van der Waals surface area contributed by atoms with Crippen LogP contribution in [0.5, 0.6) is 0 Å². The van der Waals surface area contributed by atoms with Crippen molar-refractivity contribution >= 4 is 17.9 Å². The number of allylic oxidation sites excluding steroid dienone is 8. The highest BCUT2D eigenvalue weighted by Crippen LogP contribution is 2.18. The lowest BCUT2D eigenvalue weighted by Crippen LogP contribution is -2.30. The highest BCUT2D eigenvalue weighted by molar-refractivity contribution is 5.71. The van der Waals surface area contributed by atoms with E-state index in [-0.39, 0.29) is 31.1 Å². The first-order chi connectivity index (χ1) is 40.5. The largest absolute Gasteiger partial charge is 0.462 e. The standard InChI is InChI=1S/C76H140O6/c1-4-7-10-13-16-19-22-25-28-31-32-33-34-35-36-37-38-39-40-41-42-43-44-46-48-51-54-57-60-63-66-69-75(78)81-72-73(71-80-74(77)68-65-62-59-56-53-50-47-30-27-24-21-18-15-12-9-6-3)82-76(79)70-67-64-61-58-55-52-49-45-29-26-23-20-17-14-11-8-5-2/h22,25-26,29-32,47,73H,4-21,23-24,27-28,33-46,48-72H2,1-3H3/b25-22-,29-26-,32-31-,47-30-. The Bertz CT molecular complexity index is 1410. The molecule has 1 unspecified atom stereocenters. The Labute approximate surface area is 511 Å². The van der Waals surface area contributed by atoms with Crippen LogP contribution >= 0.6 is 0 Å². The second-order valence-electron chi connectivity index (χ2n) is 24.8. The van der Waals surface area contributed by atoms with Gasteiger partial charge in [-0.25, -0.2) is 0 Å². The SMILES string of the molecule is CCCCCCC/C=C\C/C=C\CCCCCCCCCCCCCCCCCCCCCC(=O)OCC(COC(=O)CCCCCCC/C=C\CCCCCCCCC)OC(=O)CCCCCCCCC/C=C\CCCCCCCC. The summed E-state index contributed by atoms with van der Waals surface area (Å²) in [4.78, 5) is 38.5. The maximum atomic E-state index is 12.9. The Morgan fingerprint density at radius 2 is 0.439 bits per heavy atom. The maximum Gasteiger partial charge on any atom is 0.306 e. The summed E-state index contributed by atoms with van der Waals surface area (Å²) in [5.74, 6) is -0.859. The second kappa shape index (κ2) is 70.9. The molecule has 0 spiro atoms. The Balaban J connectivity index is 4.20. The Hall–Kier alpha value is -2.63. The molecule has 1 atom stereocenters. The van der Waals surface area contributed by atoms with Crippen LogP contribution in [0.15, 0.2) is 48.6 Å². The van der Waals surface area contributed by atoms with E-state index < -0.39 is 6.10 Å². The third-order valence-corrected chi connectivity index (χ3v) is 16.5. The van der Waals surface area contributed by atoms with Crippen molar-refractivity contribution in [3.63, 3.8) is 0 Å². The van der Waals surface area contributed by atoms with Gasteiger partial charge in [0.05, 0.1) is 0 Å². The fourth-order valence-corrected chi connectivity index (χ4v) is 11.0. The average molecular weight is 1150 g/mol. The predicted molar refractivity (Wildman–Crippen MR) is 358 cm³/mol. The van der Waals surface area contributed by atoms with Crippen molar-refractivity contribution in [1.29, 1.82) is 0 Å². The van der Waals surface area contributed by atoms with Crippen molar-refractivity contribution in [2.24, 2.45) is 0 Å². The molecule has 0 bridgehead atoms. The number of unbranched alkanes of at least 4 members (excludes halogenated alkanes) is 49. The topological polar surface area (TPSA) is 78.9 Å². The van der Waals surface area contributed by atoms with Crippen molar-refractivity contribution in [3.05, 3.63) is 48.6 Å². The van der Waals surface area contributed by atoms with Crippen LogP contribution in [-0.2, 0) is 28.6 Å². The van der Waals surface area contributed by atoms with Gasteiger partial charge < -0.3 is 14.2 Å². The van der Waals surface area contributed by atoms with Gasteiger partial charge in [0.25, 0.3) is 0 Å². The summed E-state index contributed by atoms with van der Waals surface area (Å²) in [5.41, 5.74) is 0. The van der Waals surface area contributed by atoms with Crippen molar-refractivity contribution < 1.29 is 28.6 Å². The van der Waals surface area contributed by atoms with E-state index in [0.29, 0.717) is 19.3 Å². The van der Waals surface area contributed by atoms with Gasteiger partial charge in [-0.3, -0.25) is 14.4 Å². The highest BCUT2D eigenvalue weighted by atomic mass is 16.6. The number of ether oxygens (including phenoxy) is 3. The molecular formula is C76H140O6. The molecule has 0 N–H and O–H groups in total. The van der Waals surface area contributed by atoms with Gasteiger partial charge in [0, 0.05) is 19.3 Å². The minimum absolute atomic E-state index is 0.0730. The number of carbonyl (C=O) groups excluding carboxylic acids is 3. The molecule has 0 saturated heterocycles. The minimum Gasteiger partial charge on any atom is -0.462 e. The molecule has 0 fully saturated rings. The molecular weight excluding hydrogens is 1010 g/mol. The van der Waals surface area contributed by atoms with E-state index >= 15 is 0 Å². The number of hydrogen-bond acceptors (Lipinski definition) is 6. The molecule has 6 nitrogen and oxygen atoms in total. The molecule has 0 aliphatic carbocycles. The zero-order valence-corrected chi connectivity index (χ0v) is 55.3. The fourth-order valence-electron chi connectivity index (χ4n) is 11.0. The lowest BCUT2D eigenvalue weighted by molar-refractivity contribution is -0.167. The van der Waals surface area contributed by atoms with E-state index in [1.165, 1.54) is 289 Å². The van der Waals surface area contributed by atoms with Gasteiger partial charge in [-0.2, -0.15) is 0 Å². The first kappa shape index (κ1) is 79.4. The molecule has 0 aromatic carbocycles. The van der Waals surface area contributed by atoms with Crippen LogP contribution in [0.2, 0.25) is 0 Å². The smallest absolute Gasteiger partial charge is 0.306 e. The first-order valence-corrected chi connectivity index (χ1v) is 36.6. The summed E-state index contributed by atoms with van der Waals surface area (Å²) in [6, 6.07) is 0. The van der Waals surface area contributed by atoms with E-state index in [2.05, 4.69) is 69.4 Å². The monoisotopic (exact) mass is 1150 g/mol. The molecule has 0 aromatic heterocycles. The van der Waals surface area contributed by atoms with Crippen LogP contribution in [0.3, 0.4) is 0 Å². The van der Waals surface area contributed by atoms with Crippen LogP contribution in [0.25, 0.3) is 0 Å². The summed E-state index contributed by atoms with van der Waals surface area (Å²) < 4.78 is 17.0. The van der Waals surface area contributed by atoms with Gasteiger partial charge in [-0.15, -0.1) is 0 Å². The second-order valence-corrected chi connectivity index (χ2v) is 24.8. The lowest BCUT2D eigenvalue weighted by Gasteiger charge is -2.18. The predicted octanol–water partition coefficient (Wildman–Crippen LogP) is 25.3. The zero-order chi connectivity index (χ0) is 59.2. The van der Waals surface area contributed by atoms with Crippen molar-refractivity contribution in [2.45, 2.75) is 406 Å². The van der Waals surface area contributed by atoms with Crippen LogP contribution in [0.4, 0.5) is 0 Å². The van der Waals surface area contributed by atoms with Crippen molar-refractivity contribution in [1.82, 2.24) is 0 Å². The minimum atomic E-state index is -0.778. The molecule has 82 heavy (non-hydrogen) atoms. The third-order valence-electron chi connectivity index (χ3n) is 16.5. The molecule has 0 aromatic rings. The molecule has 0 heterocycles. The van der Waals surface area contributed by atoms with E-state index in [1.54, 1.807) is 0 Å². The normalized spacial score (nSPS) is 12.3. The van der Waals surface area contributed by atoms with Gasteiger partial charge in [0.1, 0.15) is 13.2 Å². The molecule has 0 rings (SSSR count). The van der Waals surface area contributed by atoms with E-state index in [0.717, 1.165) is 70.6 Å². The quantitative estimate of drug-likeness (QED) is 0.0261. The number of hydrogen-bond donors (Lipinski definition) is 0. The molecule has 6 heteroatoms.